The molecule has 0 atom stereocenters. The second-order valence-electron chi connectivity index (χ2n) is 7.14. The summed E-state index contributed by atoms with van der Waals surface area (Å²) in [6, 6.07) is 10.7. The van der Waals surface area contributed by atoms with E-state index in [9.17, 15) is 28.1 Å². The summed E-state index contributed by atoms with van der Waals surface area (Å²) >= 11 is 0.669. The molecule has 0 fully saturated rings. The monoisotopic (exact) mass is 496 g/mol. The number of benzene rings is 2. The number of rotatable bonds is 5. The molecule has 0 saturated carbocycles. The number of carbonyl (C=O) groups is 1. The Balaban J connectivity index is 1.65. The van der Waals surface area contributed by atoms with Gasteiger partial charge in [0.05, 0.1) is 32.6 Å². The van der Waals surface area contributed by atoms with Crippen molar-refractivity contribution in [1.29, 1.82) is 0 Å². The number of amides is 1. The zero-order chi connectivity index (χ0) is 24.7. The number of carbonyl (C=O) groups excluding carboxylic acids is 1. The minimum Gasteiger partial charge on any atom is -0.305 e. The Bertz CT molecular complexity index is 1620. The van der Waals surface area contributed by atoms with Crippen molar-refractivity contribution in [2.24, 2.45) is 0 Å². The van der Waals surface area contributed by atoms with Crippen molar-refractivity contribution in [2.45, 2.75) is 0 Å². The lowest BCUT2D eigenvalue weighted by atomic mass is 10.2. The summed E-state index contributed by atoms with van der Waals surface area (Å²) in [5.41, 5.74) is 0.442. The third-order valence-corrected chi connectivity index (χ3v) is 5.93. The lowest BCUT2D eigenvalue weighted by Crippen LogP contribution is -2.13. The number of aromatic nitrogens is 4. The number of halogens is 3. The number of thiophene rings is 1. The van der Waals surface area contributed by atoms with Crippen LogP contribution in [0.25, 0.3) is 28.1 Å². The van der Waals surface area contributed by atoms with Crippen molar-refractivity contribution >= 4 is 39.1 Å². The van der Waals surface area contributed by atoms with E-state index in [2.05, 4.69) is 20.4 Å². The van der Waals surface area contributed by atoms with E-state index in [0.29, 0.717) is 23.1 Å². The molecule has 0 bridgehead atoms. The van der Waals surface area contributed by atoms with Gasteiger partial charge in [0.25, 0.3) is 5.91 Å². The van der Waals surface area contributed by atoms with Crippen LogP contribution in [0, 0.1) is 27.6 Å². The highest BCUT2D eigenvalue weighted by molar-refractivity contribution is 7.17. The highest BCUT2D eigenvalue weighted by Crippen LogP contribution is 2.30. The van der Waals surface area contributed by atoms with Crippen LogP contribution < -0.4 is 5.32 Å². The molecular formula is C22H11F3N6O3S. The van der Waals surface area contributed by atoms with Gasteiger partial charge in [-0.2, -0.15) is 5.10 Å². The Hall–Kier alpha value is -4.65. The molecule has 0 radical (unpaired) electrons. The van der Waals surface area contributed by atoms with E-state index in [0.717, 1.165) is 12.1 Å². The number of hydrogen-bond donors (Lipinski definition) is 1. The van der Waals surface area contributed by atoms with Crippen molar-refractivity contribution < 1.29 is 22.9 Å². The molecule has 1 N–H and O–H groups in total. The van der Waals surface area contributed by atoms with E-state index in [1.165, 1.54) is 47.3 Å². The molecule has 35 heavy (non-hydrogen) atoms. The molecule has 5 aromatic rings. The molecule has 0 aliphatic carbocycles. The van der Waals surface area contributed by atoms with Crippen LogP contribution in [-0.4, -0.2) is 30.6 Å². The maximum Gasteiger partial charge on any atom is 0.324 e. The first-order valence-corrected chi connectivity index (χ1v) is 10.6. The summed E-state index contributed by atoms with van der Waals surface area (Å²) in [4.78, 5) is 31.8. The highest BCUT2D eigenvalue weighted by atomic mass is 32.1. The molecular weight excluding hydrogens is 485 g/mol. The van der Waals surface area contributed by atoms with E-state index in [1.54, 1.807) is 0 Å². The molecule has 0 aliphatic rings. The Labute approximate surface area is 197 Å². The summed E-state index contributed by atoms with van der Waals surface area (Å²) in [7, 11) is 0. The second-order valence-corrected chi connectivity index (χ2v) is 8.20. The fraction of sp³-hybridized carbons (Fsp3) is 0. The van der Waals surface area contributed by atoms with E-state index in [-0.39, 0.29) is 38.1 Å². The number of nitrogens with one attached hydrogen (secondary N) is 1. The van der Waals surface area contributed by atoms with Gasteiger partial charge in [-0.05, 0) is 42.5 Å². The van der Waals surface area contributed by atoms with Gasteiger partial charge in [0.2, 0.25) is 0 Å². The van der Waals surface area contributed by atoms with Gasteiger partial charge in [-0.1, -0.05) is 11.3 Å². The first kappa shape index (κ1) is 22.2. The number of fused-ring (bicyclic) bond motifs is 1. The van der Waals surface area contributed by atoms with Crippen molar-refractivity contribution in [2.75, 3.05) is 5.32 Å². The molecule has 0 aliphatic heterocycles. The van der Waals surface area contributed by atoms with Crippen LogP contribution in [0.2, 0.25) is 0 Å². The van der Waals surface area contributed by atoms with Gasteiger partial charge in [-0.3, -0.25) is 14.9 Å². The number of nitro groups is 1. The van der Waals surface area contributed by atoms with Gasteiger partial charge < -0.3 is 5.32 Å². The van der Waals surface area contributed by atoms with Gasteiger partial charge >= 0.3 is 5.00 Å². The molecule has 0 spiro atoms. The number of anilines is 1. The van der Waals surface area contributed by atoms with Crippen LogP contribution >= 0.6 is 11.3 Å². The Morgan fingerprint density at radius 1 is 1.00 bits per heavy atom. The maximum atomic E-state index is 14.5. The topological polar surface area (TPSA) is 116 Å². The van der Waals surface area contributed by atoms with Crippen molar-refractivity contribution in [3.63, 3.8) is 0 Å². The highest BCUT2D eigenvalue weighted by Gasteiger charge is 2.21. The summed E-state index contributed by atoms with van der Waals surface area (Å²) < 4.78 is 42.7. The van der Waals surface area contributed by atoms with Crippen molar-refractivity contribution in [3.05, 3.63) is 93.2 Å². The molecule has 13 heteroatoms. The van der Waals surface area contributed by atoms with Crippen LogP contribution in [-0.2, 0) is 0 Å². The summed E-state index contributed by atoms with van der Waals surface area (Å²) in [6.45, 7) is 0. The quantitative estimate of drug-likeness (QED) is 0.267. The standard InChI is InChI=1S/C22H11F3N6O3S/c23-11-1-4-13(5-2-11)30-21-15(10-26-30)20(29-22(32)17-7-8-18(35-17)31(33)34)27-19(28-21)14-6-3-12(24)9-16(14)25/h1-10H,(H,27,28,29,32). The predicted molar refractivity (Wildman–Crippen MR) is 121 cm³/mol. The molecule has 5 rings (SSSR count). The molecule has 2 aromatic carbocycles. The third kappa shape index (κ3) is 4.19. The molecule has 9 nitrogen and oxygen atoms in total. The predicted octanol–water partition coefficient (Wildman–Crippen LogP) is 5.12. The Morgan fingerprint density at radius 3 is 2.43 bits per heavy atom. The van der Waals surface area contributed by atoms with E-state index in [4.69, 9.17) is 0 Å². The average Bonchev–Trinajstić information content (AvgIpc) is 3.48. The minimum atomic E-state index is -0.927. The van der Waals surface area contributed by atoms with Gasteiger partial charge in [0.15, 0.2) is 11.5 Å². The Kier molecular flexibility index (Phi) is 5.45. The van der Waals surface area contributed by atoms with Crippen molar-refractivity contribution in [1.82, 2.24) is 19.7 Å². The van der Waals surface area contributed by atoms with Gasteiger partial charge in [-0.15, -0.1) is 0 Å². The summed E-state index contributed by atoms with van der Waals surface area (Å²) in [6.07, 6.45) is 1.36. The third-order valence-electron chi connectivity index (χ3n) is 4.90. The molecule has 0 saturated heterocycles. The first-order valence-electron chi connectivity index (χ1n) is 9.83. The van der Waals surface area contributed by atoms with E-state index < -0.39 is 28.3 Å². The summed E-state index contributed by atoms with van der Waals surface area (Å²) in [5.74, 6) is -3.11. The molecule has 3 aromatic heterocycles. The van der Waals surface area contributed by atoms with Crippen LogP contribution in [0.15, 0.2) is 60.8 Å². The lowest BCUT2D eigenvalue weighted by molar-refractivity contribution is -0.380. The minimum absolute atomic E-state index is 0.0453. The molecule has 174 valence electrons. The van der Waals surface area contributed by atoms with Crippen LogP contribution in [0.1, 0.15) is 9.67 Å². The van der Waals surface area contributed by atoms with Crippen LogP contribution in [0.5, 0.6) is 0 Å². The number of nitrogens with zero attached hydrogens (tertiary/aromatic N) is 5. The lowest BCUT2D eigenvalue weighted by Gasteiger charge is -2.09. The smallest absolute Gasteiger partial charge is 0.305 e. The maximum absolute atomic E-state index is 14.5. The van der Waals surface area contributed by atoms with Crippen LogP contribution in [0.3, 0.4) is 0 Å². The van der Waals surface area contributed by atoms with Gasteiger partial charge in [0.1, 0.15) is 23.3 Å². The van der Waals surface area contributed by atoms with Gasteiger partial charge in [0, 0.05) is 12.1 Å². The Morgan fingerprint density at radius 2 is 1.74 bits per heavy atom. The van der Waals surface area contributed by atoms with Gasteiger partial charge in [-0.25, -0.2) is 27.8 Å². The average molecular weight is 496 g/mol. The molecule has 1 amide bonds. The zero-order valence-corrected chi connectivity index (χ0v) is 18.1. The molecule has 0 unspecified atom stereocenters. The summed E-state index contributed by atoms with van der Waals surface area (Å²) in [5, 5.41) is 17.8. The fourth-order valence-corrected chi connectivity index (χ4v) is 4.00. The SMILES string of the molecule is O=C(Nc1nc(-c2ccc(F)cc2F)nc2c1cnn2-c1ccc(F)cc1)c1ccc([N+](=O)[O-])s1. The number of hydrogen-bond acceptors (Lipinski definition) is 7. The normalized spacial score (nSPS) is 11.1. The first-order chi connectivity index (χ1) is 16.8. The van der Waals surface area contributed by atoms with E-state index in [1.807, 2.05) is 0 Å². The second kappa shape index (κ2) is 8.61. The van der Waals surface area contributed by atoms with Crippen LogP contribution in [0.4, 0.5) is 24.0 Å². The molecule has 3 heterocycles. The van der Waals surface area contributed by atoms with E-state index >= 15 is 0 Å². The van der Waals surface area contributed by atoms with Crippen molar-refractivity contribution in [3.8, 4) is 17.1 Å². The largest absolute Gasteiger partial charge is 0.324 e. The zero-order valence-electron chi connectivity index (χ0n) is 17.3. The fourth-order valence-electron chi connectivity index (χ4n) is 3.28.